The molecule has 2 aromatic heterocycles. The summed E-state index contributed by atoms with van der Waals surface area (Å²) in [5, 5.41) is 7.09. The largest absolute Gasteiger partial charge is 0.386 e. The van der Waals surface area contributed by atoms with Gasteiger partial charge < -0.3 is 5.32 Å². The predicted octanol–water partition coefficient (Wildman–Crippen LogP) is 0.952. The maximum Gasteiger partial charge on any atom is 0.260 e. The van der Waals surface area contributed by atoms with Crippen molar-refractivity contribution in [1.82, 2.24) is 19.5 Å². The highest BCUT2D eigenvalue weighted by atomic mass is 32.2. The molecule has 21 heavy (non-hydrogen) atoms. The van der Waals surface area contributed by atoms with E-state index in [0.29, 0.717) is 5.69 Å². The van der Waals surface area contributed by atoms with Gasteiger partial charge in [-0.25, -0.2) is 18.1 Å². The van der Waals surface area contributed by atoms with Crippen LogP contribution in [0, 0.1) is 13.8 Å². The number of nitrogens with zero attached hydrogens (tertiary/aromatic N) is 3. The van der Waals surface area contributed by atoms with Gasteiger partial charge in [-0.15, -0.1) is 0 Å². The highest BCUT2D eigenvalue weighted by Crippen LogP contribution is 2.18. The van der Waals surface area contributed by atoms with Crippen molar-refractivity contribution in [3.63, 3.8) is 0 Å². The molecule has 114 valence electrons. The summed E-state index contributed by atoms with van der Waals surface area (Å²) in [4.78, 5) is 3.95. The molecular weight excluding hydrogens is 290 g/mol. The summed E-state index contributed by atoms with van der Waals surface area (Å²) in [6, 6.07) is 3.35. The van der Waals surface area contributed by atoms with Crippen molar-refractivity contribution in [3.8, 4) is 0 Å². The van der Waals surface area contributed by atoms with E-state index >= 15 is 0 Å². The Morgan fingerprint density at radius 2 is 2.05 bits per heavy atom. The number of hydrogen-bond donors (Lipinski definition) is 2. The van der Waals surface area contributed by atoms with E-state index in [9.17, 15) is 8.42 Å². The molecule has 8 heteroatoms. The van der Waals surface area contributed by atoms with Crippen molar-refractivity contribution in [3.05, 3.63) is 35.3 Å². The fourth-order valence-electron chi connectivity index (χ4n) is 2.10. The molecule has 2 aromatic rings. The number of rotatable bonds is 5. The summed E-state index contributed by atoms with van der Waals surface area (Å²) < 4.78 is 29.1. The number of sulfonamides is 1. The van der Waals surface area contributed by atoms with E-state index in [2.05, 4.69) is 20.1 Å². The number of hydrogen-bond acceptors (Lipinski definition) is 5. The summed E-state index contributed by atoms with van der Waals surface area (Å²) in [7, 11) is -0.196. The zero-order chi connectivity index (χ0) is 15.6. The van der Waals surface area contributed by atoms with Gasteiger partial charge in [-0.2, -0.15) is 5.10 Å². The van der Waals surface area contributed by atoms with E-state index in [1.807, 2.05) is 20.9 Å². The van der Waals surface area contributed by atoms with E-state index in [0.717, 1.165) is 17.0 Å². The molecule has 0 aliphatic carbocycles. The molecule has 0 fully saturated rings. The minimum Gasteiger partial charge on any atom is -0.386 e. The molecule has 0 aliphatic rings. The van der Waals surface area contributed by atoms with Gasteiger partial charge >= 0.3 is 0 Å². The fourth-order valence-corrected chi connectivity index (χ4v) is 3.23. The minimum absolute atomic E-state index is 0.00769. The molecule has 0 aliphatic heterocycles. The van der Waals surface area contributed by atoms with Gasteiger partial charge in [0.15, 0.2) is 5.03 Å². The van der Waals surface area contributed by atoms with E-state index in [4.69, 9.17) is 0 Å². The Morgan fingerprint density at radius 3 is 2.62 bits per heavy atom. The maximum atomic E-state index is 12.4. The number of pyridine rings is 1. The average molecular weight is 309 g/mol. The SMILES string of the molecule is CNc1cccnc1S(=O)(=O)NCc1c(C)nn(C)c1C. The first kappa shape index (κ1) is 15.5. The van der Waals surface area contributed by atoms with Crippen molar-refractivity contribution in [1.29, 1.82) is 0 Å². The van der Waals surface area contributed by atoms with Crippen LogP contribution in [0.3, 0.4) is 0 Å². The molecule has 7 nitrogen and oxygen atoms in total. The molecule has 0 aromatic carbocycles. The minimum atomic E-state index is -3.69. The van der Waals surface area contributed by atoms with Gasteiger partial charge in [0.1, 0.15) is 0 Å². The topological polar surface area (TPSA) is 88.9 Å². The lowest BCUT2D eigenvalue weighted by Gasteiger charge is -2.10. The third-order valence-corrected chi connectivity index (χ3v) is 4.75. The van der Waals surface area contributed by atoms with Crippen molar-refractivity contribution in [2.24, 2.45) is 7.05 Å². The first-order valence-corrected chi connectivity index (χ1v) is 7.96. The van der Waals surface area contributed by atoms with E-state index < -0.39 is 10.0 Å². The molecule has 2 rings (SSSR count). The molecule has 2 N–H and O–H groups in total. The zero-order valence-electron chi connectivity index (χ0n) is 12.5. The smallest absolute Gasteiger partial charge is 0.260 e. The highest BCUT2D eigenvalue weighted by molar-refractivity contribution is 7.89. The number of aryl methyl sites for hydroxylation is 2. The van der Waals surface area contributed by atoms with Crippen LogP contribution in [0.1, 0.15) is 17.0 Å². The van der Waals surface area contributed by atoms with Crippen molar-refractivity contribution < 1.29 is 8.42 Å². The van der Waals surface area contributed by atoms with Crippen LogP contribution in [-0.4, -0.2) is 30.2 Å². The monoisotopic (exact) mass is 309 g/mol. The molecule has 2 heterocycles. The molecule has 0 bridgehead atoms. The summed E-state index contributed by atoms with van der Waals surface area (Å²) in [5.41, 5.74) is 3.09. The second kappa shape index (κ2) is 5.82. The Balaban J connectivity index is 2.26. The Bertz CT molecular complexity index is 752. The number of nitrogens with one attached hydrogen (secondary N) is 2. The molecule has 0 spiro atoms. The molecule has 0 amide bonds. The third kappa shape index (κ3) is 3.06. The van der Waals surface area contributed by atoms with Crippen LogP contribution in [0.25, 0.3) is 0 Å². The standard InChI is InChI=1S/C13H19N5O2S/c1-9-11(10(2)18(4)17-9)8-16-21(19,20)13-12(14-3)6-5-7-15-13/h5-7,14,16H,8H2,1-4H3. The summed E-state index contributed by atoms with van der Waals surface area (Å²) in [6.07, 6.45) is 1.45. The van der Waals surface area contributed by atoms with Gasteiger partial charge in [0, 0.05) is 38.1 Å². The first-order chi connectivity index (χ1) is 9.86. The van der Waals surface area contributed by atoms with E-state index in [1.54, 1.807) is 23.9 Å². The molecule has 0 saturated heterocycles. The highest BCUT2D eigenvalue weighted by Gasteiger charge is 2.20. The third-order valence-electron chi connectivity index (χ3n) is 3.39. The average Bonchev–Trinajstić information content (AvgIpc) is 2.70. The van der Waals surface area contributed by atoms with Crippen LogP contribution >= 0.6 is 0 Å². The van der Waals surface area contributed by atoms with Crippen LogP contribution in [-0.2, 0) is 23.6 Å². The lowest BCUT2D eigenvalue weighted by atomic mass is 10.2. The molecular formula is C13H19N5O2S. The molecule has 0 saturated carbocycles. The Kier molecular flexibility index (Phi) is 4.29. The van der Waals surface area contributed by atoms with E-state index in [-0.39, 0.29) is 11.6 Å². The van der Waals surface area contributed by atoms with Crippen LogP contribution in [0.15, 0.2) is 23.4 Å². The lowest BCUT2D eigenvalue weighted by molar-refractivity contribution is 0.577. The van der Waals surface area contributed by atoms with E-state index in [1.165, 1.54) is 6.20 Å². The first-order valence-electron chi connectivity index (χ1n) is 6.48. The van der Waals surface area contributed by atoms with Gasteiger partial charge in [0.05, 0.1) is 11.4 Å². The summed E-state index contributed by atoms with van der Waals surface area (Å²) >= 11 is 0. The van der Waals surface area contributed by atoms with Gasteiger partial charge in [0.25, 0.3) is 10.0 Å². The quantitative estimate of drug-likeness (QED) is 0.858. The lowest BCUT2D eigenvalue weighted by Crippen LogP contribution is -2.25. The van der Waals surface area contributed by atoms with Crippen LogP contribution in [0.4, 0.5) is 5.69 Å². The maximum absolute atomic E-state index is 12.4. The van der Waals surface area contributed by atoms with Crippen LogP contribution in [0.5, 0.6) is 0 Å². The zero-order valence-corrected chi connectivity index (χ0v) is 13.3. The Hall–Kier alpha value is -1.93. The number of aromatic nitrogens is 3. The van der Waals surface area contributed by atoms with Crippen LogP contribution in [0.2, 0.25) is 0 Å². The second-order valence-corrected chi connectivity index (χ2v) is 6.39. The number of anilines is 1. The fraction of sp³-hybridized carbons (Fsp3) is 0.385. The Labute approximate surface area is 124 Å². The van der Waals surface area contributed by atoms with Crippen LogP contribution < -0.4 is 10.0 Å². The van der Waals surface area contributed by atoms with Gasteiger partial charge in [-0.3, -0.25) is 4.68 Å². The summed E-state index contributed by atoms with van der Waals surface area (Å²) in [6.45, 7) is 3.95. The van der Waals surface area contributed by atoms with Gasteiger partial charge in [0.2, 0.25) is 0 Å². The van der Waals surface area contributed by atoms with Gasteiger partial charge in [-0.1, -0.05) is 0 Å². The van der Waals surface area contributed by atoms with Crippen molar-refractivity contribution >= 4 is 15.7 Å². The van der Waals surface area contributed by atoms with Crippen molar-refractivity contribution in [2.45, 2.75) is 25.4 Å². The summed E-state index contributed by atoms with van der Waals surface area (Å²) in [5.74, 6) is 0. The normalized spacial score (nSPS) is 11.6. The molecule has 0 atom stereocenters. The Morgan fingerprint density at radius 1 is 1.33 bits per heavy atom. The molecule has 0 radical (unpaired) electrons. The van der Waals surface area contributed by atoms with Crippen molar-refractivity contribution in [2.75, 3.05) is 12.4 Å². The van der Waals surface area contributed by atoms with Gasteiger partial charge in [-0.05, 0) is 26.0 Å². The second-order valence-electron chi connectivity index (χ2n) is 4.70. The molecule has 0 unspecified atom stereocenters. The predicted molar refractivity (Wildman–Crippen MR) is 80.5 cm³/mol.